The lowest BCUT2D eigenvalue weighted by molar-refractivity contribution is 0.112. The van der Waals surface area contributed by atoms with Crippen LogP contribution < -0.4 is 0 Å². The molecule has 0 amide bonds. The van der Waals surface area contributed by atoms with Crippen molar-refractivity contribution in [1.29, 1.82) is 0 Å². The Hall–Kier alpha value is -1.89. The molecule has 1 nitrogen and oxygen atoms in total. The lowest BCUT2D eigenvalue weighted by atomic mass is 9.95. The maximum Gasteiger partial charge on any atom is 0.150 e. The minimum absolute atomic E-state index is 0.816. The van der Waals surface area contributed by atoms with Crippen LogP contribution in [0.4, 0.5) is 0 Å². The summed E-state index contributed by atoms with van der Waals surface area (Å²) in [7, 11) is 0. The highest BCUT2D eigenvalue weighted by Gasteiger charge is 2.07. The van der Waals surface area contributed by atoms with Crippen LogP contribution in [0.2, 0.25) is 0 Å². The Labute approximate surface area is 95.7 Å². The summed E-state index contributed by atoms with van der Waals surface area (Å²) in [5, 5.41) is 0. The van der Waals surface area contributed by atoms with E-state index < -0.39 is 0 Å². The topological polar surface area (TPSA) is 17.1 Å². The molecule has 16 heavy (non-hydrogen) atoms. The molecule has 0 saturated carbocycles. The second kappa shape index (κ2) is 4.75. The van der Waals surface area contributed by atoms with Crippen LogP contribution in [0.15, 0.2) is 48.5 Å². The van der Waals surface area contributed by atoms with Gasteiger partial charge < -0.3 is 0 Å². The molecule has 0 bridgehead atoms. The number of rotatable bonds is 3. The fraction of sp³-hybridized carbons (Fsp3) is 0.133. The Morgan fingerprint density at radius 2 is 1.75 bits per heavy atom. The minimum Gasteiger partial charge on any atom is -0.298 e. The molecule has 2 aromatic rings. The minimum atomic E-state index is 0.816. The predicted molar refractivity (Wildman–Crippen MR) is 66.6 cm³/mol. The van der Waals surface area contributed by atoms with E-state index in [1.54, 1.807) is 0 Å². The molecule has 0 aliphatic rings. The predicted octanol–water partition coefficient (Wildman–Crippen LogP) is 3.73. The van der Waals surface area contributed by atoms with E-state index in [1.807, 2.05) is 48.5 Å². The van der Waals surface area contributed by atoms with E-state index in [0.29, 0.717) is 0 Å². The van der Waals surface area contributed by atoms with Gasteiger partial charge in [0.15, 0.2) is 6.29 Å². The van der Waals surface area contributed by atoms with Gasteiger partial charge in [0, 0.05) is 5.56 Å². The van der Waals surface area contributed by atoms with Crippen LogP contribution in [0.3, 0.4) is 0 Å². The molecule has 0 aliphatic carbocycles. The van der Waals surface area contributed by atoms with Gasteiger partial charge in [-0.15, -0.1) is 0 Å². The standard InChI is InChI=1S/C15H14O/c1-2-12-9-6-10-14(15(12)11-16)13-7-4-3-5-8-13/h3-11H,2H2,1H3. The zero-order valence-electron chi connectivity index (χ0n) is 9.31. The fourth-order valence-corrected chi connectivity index (χ4v) is 1.93. The molecule has 0 atom stereocenters. The number of aryl methyl sites for hydroxylation is 1. The first kappa shape index (κ1) is 10.6. The van der Waals surface area contributed by atoms with Crippen LogP contribution >= 0.6 is 0 Å². The molecule has 0 N–H and O–H groups in total. The average Bonchev–Trinajstić information content (AvgIpc) is 2.38. The van der Waals surface area contributed by atoms with E-state index in [9.17, 15) is 4.79 Å². The SMILES string of the molecule is CCc1cccc(-c2ccccc2)c1C=O. The first-order valence-corrected chi connectivity index (χ1v) is 5.49. The molecule has 0 aromatic heterocycles. The van der Waals surface area contributed by atoms with Crippen molar-refractivity contribution in [3.05, 3.63) is 59.7 Å². The van der Waals surface area contributed by atoms with Crippen LogP contribution in [-0.2, 0) is 6.42 Å². The third-order valence-corrected chi connectivity index (χ3v) is 2.78. The largest absolute Gasteiger partial charge is 0.298 e. The highest BCUT2D eigenvalue weighted by molar-refractivity contribution is 5.89. The Balaban J connectivity index is 2.61. The van der Waals surface area contributed by atoms with E-state index in [-0.39, 0.29) is 0 Å². The van der Waals surface area contributed by atoms with Gasteiger partial charge in [-0.2, -0.15) is 0 Å². The van der Waals surface area contributed by atoms with Crippen molar-refractivity contribution in [3.63, 3.8) is 0 Å². The Kier molecular flexibility index (Phi) is 3.16. The van der Waals surface area contributed by atoms with Gasteiger partial charge >= 0.3 is 0 Å². The molecule has 0 unspecified atom stereocenters. The number of aldehydes is 1. The van der Waals surface area contributed by atoms with Crippen molar-refractivity contribution in [2.75, 3.05) is 0 Å². The van der Waals surface area contributed by atoms with Gasteiger partial charge in [-0.1, -0.05) is 55.5 Å². The van der Waals surface area contributed by atoms with Crippen molar-refractivity contribution in [1.82, 2.24) is 0 Å². The van der Waals surface area contributed by atoms with Crippen molar-refractivity contribution >= 4 is 6.29 Å². The third kappa shape index (κ3) is 1.89. The summed E-state index contributed by atoms with van der Waals surface area (Å²) in [5.41, 5.74) is 4.04. The molecule has 2 rings (SSSR count). The molecular formula is C15H14O. The summed E-state index contributed by atoms with van der Waals surface area (Å²) in [6.07, 6.45) is 1.84. The number of hydrogen-bond acceptors (Lipinski definition) is 1. The quantitative estimate of drug-likeness (QED) is 0.705. The maximum atomic E-state index is 11.2. The van der Waals surface area contributed by atoms with Gasteiger partial charge in [0.25, 0.3) is 0 Å². The summed E-state index contributed by atoms with van der Waals surface area (Å²) >= 11 is 0. The summed E-state index contributed by atoms with van der Waals surface area (Å²) in [5.74, 6) is 0. The molecular weight excluding hydrogens is 196 g/mol. The second-order valence-corrected chi connectivity index (χ2v) is 3.72. The van der Waals surface area contributed by atoms with Crippen molar-refractivity contribution < 1.29 is 4.79 Å². The number of benzene rings is 2. The van der Waals surface area contributed by atoms with Crippen LogP contribution in [0.1, 0.15) is 22.8 Å². The summed E-state index contributed by atoms with van der Waals surface area (Å²) in [4.78, 5) is 11.2. The van der Waals surface area contributed by atoms with Crippen molar-refractivity contribution in [2.24, 2.45) is 0 Å². The van der Waals surface area contributed by atoms with Gasteiger partial charge in [-0.05, 0) is 23.1 Å². The lowest BCUT2D eigenvalue weighted by Gasteiger charge is -2.08. The van der Waals surface area contributed by atoms with Gasteiger partial charge in [0.05, 0.1) is 0 Å². The van der Waals surface area contributed by atoms with Crippen LogP contribution in [0, 0.1) is 0 Å². The molecule has 0 radical (unpaired) electrons. The first-order valence-electron chi connectivity index (χ1n) is 5.49. The van der Waals surface area contributed by atoms with Crippen molar-refractivity contribution in [3.8, 4) is 11.1 Å². The van der Waals surface area contributed by atoms with Gasteiger partial charge in [-0.3, -0.25) is 4.79 Å². The third-order valence-electron chi connectivity index (χ3n) is 2.78. The monoisotopic (exact) mass is 210 g/mol. The zero-order chi connectivity index (χ0) is 11.4. The van der Waals surface area contributed by atoms with E-state index in [4.69, 9.17) is 0 Å². The first-order chi connectivity index (χ1) is 7.86. The van der Waals surface area contributed by atoms with Crippen LogP contribution in [-0.4, -0.2) is 6.29 Å². The summed E-state index contributed by atoms with van der Waals surface area (Å²) in [6, 6.07) is 16.0. The molecule has 2 aromatic carbocycles. The van der Waals surface area contributed by atoms with E-state index >= 15 is 0 Å². The number of carbonyl (C=O) groups excluding carboxylic acids is 1. The van der Waals surface area contributed by atoms with Gasteiger partial charge in [0.2, 0.25) is 0 Å². The Morgan fingerprint density at radius 1 is 1.00 bits per heavy atom. The summed E-state index contributed by atoms with van der Waals surface area (Å²) in [6.45, 7) is 2.07. The Bertz CT molecular complexity index is 486. The Morgan fingerprint density at radius 3 is 2.38 bits per heavy atom. The highest BCUT2D eigenvalue weighted by atomic mass is 16.1. The molecule has 1 heteroatoms. The normalized spacial score (nSPS) is 10.1. The van der Waals surface area contributed by atoms with E-state index in [0.717, 1.165) is 35.0 Å². The molecule has 0 fully saturated rings. The molecule has 0 spiro atoms. The lowest BCUT2D eigenvalue weighted by Crippen LogP contribution is -1.94. The molecule has 80 valence electrons. The number of carbonyl (C=O) groups is 1. The highest BCUT2D eigenvalue weighted by Crippen LogP contribution is 2.25. The van der Waals surface area contributed by atoms with E-state index in [1.165, 1.54) is 0 Å². The van der Waals surface area contributed by atoms with Gasteiger partial charge in [-0.25, -0.2) is 0 Å². The summed E-state index contributed by atoms with van der Waals surface area (Å²) < 4.78 is 0. The second-order valence-electron chi connectivity index (χ2n) is 3.72. The smallest absolute Gasteiger partial charge is 0.150 e. The van der Waals surface area contributed by atoms with E-state index in [2.05, 4.69) is 6.92 Å². The fourth-order valence-electron chi connectivity index (χ4n) is 1.93. The molecule has 0 heterocycles. The van der Waals surface area contributed by atoms with Crippen LogP contribution in [0.25, 0.3) is 11.1 Å². The maximum absolute atomic E-state index is 11.2. The zero-order valence-corrected chi connectivity index (χ0v) is 9.31. The number of hydrogen-bond donors (Lipinski definition) is 0. The van der Waals surface area contributed by atoms with Gasteiger partial charge in [0.1, 0.15) is 0 Å². The van der Waals surface area contributed by atoms with Crippen LogP contribution in [0.5, 0.6) is 0 Å². The average molecular weight is 210 g/mol. The van der Waals surface area contributed by atoms with Crippen molar-refractivity contribution in [2.45, 2.75) is 13.3 Å². The molecule has 0 aliphatic heterocycles. The molecule has 0 saturated heterocycles.